The third-order valence-corrected chi connectivity index (χ3v) is 4.83. The highest BCUT2D eigenvalue weighted by Crippen LogP contribution is 2.46. The molecule has 4 N–H and O–H groups in total. The van der Waals surface area contributed by atoms with E-state index in [0.717, 1.165) is 0 Å². The summed E-state index contributed by atoms with van der Waals surface area (Å²) >= 11 is 3.39. The summed E-state index contributed by atoms with van der Waals surface area (Å²) < 4.78 is 6.09. The molecule has 0 bridgehead atoms. The van der Waals surface area contributed by atoms with Crippen molar-refractivity contribution in [1.82, 2.24) is 14.5 Å². The molecule has 0 radical (unpaired) electrons. The van der Waals surface area contributed by atoms with Crippen molar-refractivity contribution in [1.29, 1.82) is 0 Å². The second-order valence-electron chi connectivity index (χ2n) is 5.44. The van der Waals surface area contributed by atoms with Gasteiger partial charge in [0.25, 0.3) is 5.69 Å². The largest absolute Gasteiger partial charge is 0.394 e. The second-order valence-corrected chi connectivity index (χ2v) is 7.15. The summed E-state index contributed by atoms with van der Waals surface area (Å²) in [5.74, 6) is -0.0195. The lowest BCUT2D eigenvalue weighted by Crippen LogP contribution is -2.39. The minimum absolute atomic E-state index is 0.0195. The van der Waals surface area contributed by atoms with Crippen LogP contribution in [-0.2, 0) is 4.74 Å². The van der Waals surface area contributed by atoms with Crippen LogP contribution >= 0.6 is 15.9 Å². The van der Waals surface area contributed by atoms with Crippen molar-refractivity contribution in [3.05, 3.63) is 22.6 Å². The highest BCUT2D eigenvalue weighted by atomic mass is 79.9. The van der Waals surface area contributed by atoms with Crippen molar-refractivity contribution >= 4 is 38.5 Å². The van der Waals surface area contributed by atoms with Crippen LogP contribution in [-0.4, -0.2) is 52.8 Å². The Bertz CT molecular complexity index is 779. The molecule has 0 amide bonds. The molecule has 3 heterocycles. The van der Waals surface area contributed by atoms with Crippen LogP contribution < -0.4 is 5.73 Å². The van der Waals surface area contributed by atoms with E-state index in [1.807, 2.05) is 0 Å². The number of fused-ring (bicyclic) bond motifs is 1. The van der Waals surface area contributed by atoms with Gasteiger partial charge in [-0.1, -0.05) is 15.9 Å². The molecule has 2 aromatic rings. The first-order valence-electron chi connectivity index (χ1n) is 6.67. The predicted molar refractivity (Wildman–Crippen MR) is 82.9 cm³/mol. The Morgan fingerprint density at radius 1 is 1.61 bits per heavy atom. The molecule has 11 heteroatoms. The highest BCUT2D eigenvalue weighted by molar-refractivity contribution is 9.10. The number of ether oxygens (including phenoxy) is 1. The van der Waals surface area contributed by atoms with Gasteiger partial charge < -0.3 is 20.7 Å². The Hall–Kier alpha value is -1.82. The molecule has 1 saturated heterocycles. The van der Waals surface area contributed by atoms with E-state index >= 15 is 0 Å². The van der Waals surface area contributed by atoms with Crippen LogP contribution in [0.1, 0.15) is 13.2 Å². The van der Waals surface area contributed by atoms with E-state index in [1.165, 1.54) is 17.1 Å². The Labute approximate surface area is 138 Å². The summed E-state index contributed by atoms with van der Waals surface area (Å²) in [5.41, 5.74) is 5.70. The van der Waals surface area contributed by atoms with Gasteiger partial charge in [0.2, 0.25) is 0 Å². The van der Waals surface area contributed by atoms with Crippen molar-refractivity contribution in [3.8, 4) is 0 Å². The standard InChI is InChI=1S/C12H14BrN5O5/c1-12(13)8(20)6(3-19)23-11(12)17-2-5(18(21)22)7-9(14)15-4-16-10(7)17/h2,4,6,8,11,19-20H,3H2,1H3,(H2,14,15,16)/t6?,8?,11-,12-/m1/s1. The molecule has 124 valence electrons. The van der Waals surface area contributed by atoms with Gasteiger partial charge in [0.15, 0.2) is 11.9 Å². The van der Waals surface area contributed by atoms with Crippen molar-refractivity contribution < 1.29 is 19.9 Å². The van der Waals surface area contributed by atoms with Crippen LogP contribution in [0.2, 0.25) is 0 Å². The lowest BCUT2D eigenvalue weighted by molar-refractivity contribution is -0.383. The molecule has 10 nitrogen and oxygen atoms in total. The number of aliphatic hydroxyl groups is 2. The summed E-state index contributed by atoms with van der Waals surface area (Å²) in [6.45, 7) is 1.28. The van der Waals surface area contributed by atoms with Gasteiger partial charge >= 0.3 is 0 Å². The number of alkyl halides is 1. The minimum Gasteiger partial charge on any atom is -0.394 e. The number of nitrogens with two attached hydrogens (primary N) is 1. The summed E-state index contributed by atoms with van der Waals surface area (Å²) in [4.78, 5) is 18.5. The lowest BCUT2D eigenvalue weighted by Gasteiger charge is -2.26. The number of anilines is 1. The average Bonchev–Trinajstić information content (AvgIpc) is 2.97. The first kappa shape index (κ1) is 16.1. The lowest BCUT2D eigenvalue weighted by atomic mass is 10.0. The van der Waals surface area contributed by atoms with Gasteiger partial charge in [-0.05, 0) is 6.92 Å². The molecule has 23 heavy (non-hydrogen) atoms. The third-order valence-electron chi connectivity index (χ3n) is 3.96. The molecule has 2 unspecified atom stereocenters. The fourth-order valence-corrected chi connectivity index (χ4v) is 3.39. The Kier molecular flexibility index (Phi) is 3.75. The maximum Gasteiger partial charge on any atom is 0.300 e. The van der Waals surface area contributed by atoms with Crippen LogP contribution in [0.4, 0.5) is 11.5 Å². The smallest absolute Gasteiger partial charge is 0.300 e. The van der Waals surface area contributed by atoms with E-state index in [0.29, 0.717) is 0 Å². The number of nitrogen functional groups attached to an aromatic ring is 1. The molecular formula is C12H14BrN5O5. The quantitative estimate of drug-likeness (QED) is 0.387. The Morgan fingerprint density at radius 3 is 2.87 bits per heavy atom. The number of nitro groups is 1. The summed E-state index contributed by atoms with van der Waals surface area (Å²) in [7, 11) is 0. The molecule has 0 saturated carbocycles. The van der Waals surface area contributed by atoms with E-state index in [4.69, 9.17) is 10.5 Å². The first-order chi connectivity index (χ1) is 10.8. The van der Waals surface area contributed by atoms with Gasteiger partial charge in [-0.15, -0.1) is 0 Å². The van der Waals surface area contributed by atoms with Crippen LogP contribution in [0, 0.1) is 10.1 Å². The van der Waals surface area contributed by atoms with Gasteiger partial charge in [-0.2, -0.15) is 0 Å². The molecule has 4 atom stereocenters. The normalized spacial score (nSPS) is 30.9. The Balaban J connectivity index is 2.21. The number of rotatable bonds is 3. The molecule has 0 aliphatic carbocycles. The second kappa shape index (κ2) is 5.37. The third kappa shape index (κ3) is 2.27. The van der Waals surface area contributed by atoms with Crippen molar-refractivity contribution in [2.45, 2.75) is 29.7 Å². The molecule has 3 rings (SSSR count). The highest BCUT2D eigenvalue weighted by Gasteiger charge is 2.53. The molecule has 0 aromatic carbocycles. The number of hydrogen-bond donors (Lipinski definition) is 3. The maximum atomic E-state index is 11.3. The van der Waals surface area contributed by atoms with E-state index in [9.17, 15) is 20.3 Å². The fraction of sp³-hybridized carbons (Fsp3) is 0.500. The summed E-state index contributed by atoms with van der Waals surface area (Å²) in [6.07, 6.45) is -0.251. The average molecular weight is 388 g/mol. The molecule has 1 aliphatic rings. The SMILES string of the molecule is C[C@@]1(Br)C(O)C(CO)O[C@H]1n1cc([N+](=O)[O-])c2c(N)ncnc21. The van der Waals surface area contributed by atoms with Crippen molar-refractivity contribution in [3.63, 3.8) is 0 Å². The van der Waals surface area contributed by atoms with E-state index in [2.05, 4.69) is 25.9 Å². The number of halogens is 1. The molecule has 2 aromatic heterocycles. The summed E-state index contributed by atoms with van der Waals surface area (Å²) in [5, 5.41) is 31.0. The van der Waals surface area contributed by atoms with E-state index in [1.54, 1.807) is 6.92 Å². The first-order valence-corrected chi connectivity index (χ1v) is 7.47. The van der Waals surface area contributed by atoms with Gasteiger partial charge in [0.05, 0.1) is 22.1 Å². The van der Waals surface area contributed by atoms with Crippen LogP contribution in [0.25, 0.3) is 11.0 Å². The van der Waals surface area contributed by atoms with Gasteiger partial charge in [-0.3, -0.25) is 14.7 Å². The molecule has 1 aliphatic heterocycles. The van der Waals surface area contributed by atoms with E-state index < -0.39 is 34.3 Å². The molecular weight excluding hydrogens is 374 g/mol. The fourth-order valence-electron chi connectivity index (χ4n) is 2.77. The monoisotopic (exact) mass is 387 g/mol. The van der Waals surface area contributed by atoms with Crippen LogP contribution in [0.15, 0.2) is 12.5 Å². The number of hydrogen-bond acceptors (Lipinski definition) is 8. The minimum atomic E-state index is -1.02. The van der Waals surface area contributed by atoms with Gasteiger partial charge in [-0.25, -0.2) is 9.97 Å². The van der Waals surface area contributed by atoms with Crippen molar-refractivity contribution in [2.24, 2.45) is 0 Å². The zero-order valence-electron chi connectivity index (χ0n) is 12.0. The van der Waals surface area contributed by atoms with E-state index in [-0.39, 0.29) is 22.5 Å². The Morgan fingerprint density at radius 2 is 2.30 bits per heavy atom. The number of nitrogens with zero attached hydrogens (tertiary/aromatic N) is 4. The van der Waals surface area contributed by atoms with Crippen LogP contribution in [0.3, 0.4) is 0 Å². The zero-order valence-corrected chi connectivity index (χ0v) is 13.5. The predicted octanol–water partition coefficient (Wildman–Crippen LogP) is 0.326. The maximum absolute atomic E-state index is 11.3. The van der Waals surface area contributed by atoms with Crippen LogP contribution in [0.5, 0.6) is 0 Å². The molecule has 1 fully saturated rings. The van der Waals surface area contributed by atoms with Gasteiger partial charge in [0, 0.05) is 0 Å². The summed E-state index contributed by atoms with van der Waals surface area (Å²) in [6, 6.07) is 0. The number of aromatic nitrogens is 3. The number of aliphatic hydroxyl groups excluding tert-OH is 2. The van der Waals surface area contributed by atoms with Gasteiger partial charge in [0.1, 0.15) is 29.7 Å². The van der Waals surface area contributed by atoms with Crippen molar-refractivity contribution in [2.75, 3.05) is 12.3 Å². The topological polar surface area (TPSA) is 150 Å². The molecule has 0 spiro atoms. The zero-order chi connectivity index (χ0) is 16.9.